The summed E-state index contributed by atoms with van der Waals surface area (Å²) in [6.45, 7) is 7.35. The first kappa shape index (κ1) is 19.8. The number of ether oxygens (including phenoxy) is 1. The molecule has 1 fully saturated rings. The van der Waals surface area contributed by atoms with Gasteiger partial charge in [-0.15, -0.1) is 0 Å². The quantitative estimate of drug-likeness (QED) is 0.711. The molecule has 0 unspecified atom stereocenters. The molecule has 2 aromatic carbocycles. The summed E-state index contributed by atoms with van der Waals surface area (Å²) >= 11 is 0. The van der Waals surface area contributed by atoms with Crippen LogP contribution in [0.2, 0.25) is 0 Å². The summed E-state index contributed by atoms with van der Waals surface area (Å²) in [6.07, 6.45) is 5.14. The highest BCUT2D eigenvalue weighted by Gasteiger charge is 2.27. The van der Waals surface area contributed by atoms with Crippen molar-refractivity contribution in [3.05, 3.63) is 59.2 Å². The number of amides is 1. The van der Waals surface area contributed by atoms with Crippen molar-refractivity contribution in [3.8, 4) is 0 Å². The highest BCUT2D eigenvalue weighted by molar-refractivity contribution is 5.69. The molecule has 1 saturated heterocycles. The zero-order valence-electron chi connectivity index (χ0n) is 17.8. The number of carbonyl (C=O) groups is 1. The van der Waals surface area contributed by atoms with E-state index < -0.39 is 5.60 Å². The normalized spacial score (nSPS) is 17.0. The molecule has 154 valence electrons. The van der Waals surface area contributed by atoms with E-state index in [4.69, 9.17) is 4.74 Å². The second-order valence-electron chi connectivity index (χ2n) is 9.34. The Morgan fingerprint density at radius 2 is 1.76 bits per heavy atom. The topological polar surface area (TPSA) is 41.6 Å². The highest BCUT2D eigenvalue weighted by atomic mass is 16.6. The number of benzene rings is 2. The maximum Gasteiger partial charge on any atom is 0.410 e. The van der Waals surface area contributed by atoms with E-state index in [9.17, 15) is 4.79 Å². The molecule has 1 N–H and O–H groups in total. The monoisotopic (exact) mass is 392 g/mol. The van der Waals surface area contributed by atoms with Crippen LogP contribution in [0.4, 0.5) is 16.2 Å². The number of aryl methyl sites for hydroxylation is 1. The van der Waals surface area contributed by atoms with Gasteiger partial charge >= 0.3 is 6.09 Å². The number of hydrogen-bond acceptors (Lipinski definition) is 3. The lowest BCUT2D eigenvalue weighted by Crippen LogP contribution is -2.42. The van der Waals surface area contributed by atoms with Gasteiger partial charge in [-0.1, -0.05) is 30.3 Å². The van der Waals surface area contributed by atoms with Crippen molar-refractivity contribution < 1.29 is 9.53 Å². The first-order valence-electron chi connectivity index (χ1n) is 10.8. The van der Waals surface area contributed by atoms with Gasteiger partial charge in [-0.3, -0.25) is 0 Å². The van der Waals surface area contributed by atoms with Crippen LogP contribution in [0.1, 0.15) is 50.3 Å². The van der Waals surface area contributed by atoms with Gasteiger partial charge in [-0.05, 0) is 87.6 Å². The first-order valence-corrected chi connectivity index (χ1v) is 10.8. The fourth-order valence-corrected chi connectivity index (χ4v) is 4.46. The molecule has 2 aromatic rings. The van der Waals surface area contributed by atoms with Crippen LogP contribution in [-0.4, -0.2) is 29.7 Å². The molecule has 4 rings (SSSR count). The van der Waals surface area contributed by atoms with E-state index in [1.165, 1.54) is 28.1 Å². The third kappa shape index (κ3) is 4.75. The minimum Gasteiger partial charge on any atom is -0.444 e. The van der Waals surface area contributed by atoms with Gasteiger partial charge in [-0.25, -0.2) is 4.79 Å². The van der Waals surface area contributed by atoms with Crippen molar-refractivity contribution in [2.45, 2.75) is 58.5 Å². The third-order valence-corrected chi connectivity index (χ3v) is 5.98. The van der Waals surface area contributed by atoms with E-state index in [1.54, 1.807) is 0 Å². The van der Waals surface area contributed by atoms with Gasteiger partial charge in [-0.2, -0.15) is 0 Å². The molecule has 0 radical (unpaired) electrons. The Hall–Kier alpha value is -2.49. The number of para-hydroxylation sites is 1. The molecule has 0 aliphatic carbocycles. The lowest BCUT2D eigenvalue weighted by Gasteiger charge is -2.33. The standard InChI is InChI=1S/C25H32N2O2/c1-25(2,3)29-24(28)27-15-13-18(14-16-27)17-20-8-6-10-23-21(20)12-11-19-7-4-5-9-22(19)26-23/h4-10,18,26H,11-17H2,1-3H3. The highest BCUT2D eigenvalue weighted by Crippen LogP contribution is 2.33. The fraction of sp³-hybridized carbons (Fsp3) is 0.480. The van der Waals surface area contributed by atoms with Gasteiger partial charge in [0.1, 0.15) is 5.60 Å². The Kier molecular flexibility index (Phi) is 5.53. The van der Waals surface area contributed by atoms with Crippen LogP contribution in [0.5, 0.6) is 0 Å². The molecule has 2 aliphatic rings. The predicted molar refractivity (Wildman–Crippen MR) is 118 cm³/mol. The largest absolute Gasteiger partial charge is 0.444 e. The van der Waals surface area contributed by atoms with E-state index >= 15 is 0 Å². The van der Waals surface area contributed by atoms with Crippen molar-refractivity contribution in [2.75, 3.05) is 18.4 Å². The minimum absolute atomic E-state index is 0.175. The molecule has 0 saturated carbocycles. The number of piperidine rings is 1. The Labute approximate surface area is 174 Å². The number of fused-ring (bicyclic) bond motifs is 2. The smallest absolute Gasteiger partial charge is 0.410 e. The summed E-state index contributed by atoms with van der Waals surface area (Å²) in [5, 5.41) is 3.65. The second kappa shape index (κ2) is 8.10. The number of likely N-dealkylation sites (tertiary alicyclic amines) is 1. The summed E-state index contributed by atoms with van der Waals surface area (Å²) in [4.78, 5) is 14.2. The number of anilines is 2. The van der Waals surface area contributed by atoms with Gasteiger partial charge in [0, 0.05) is 24.5 Å². The van der Waals surface area contributed by atoms with Crippen LogP contribution in [-0.2, 0) is 24.0 Å². The summed E-state index contributed by atoms with van der Waals surface area (Å²) in [5.41, 5.74) is 6.35. The zero-order valence-corrected chi connectivity index (χ0v) is 17.8. The summed E-state index contributed by atoms with van der Waals surface area (Å²) < 4.78 is 5.53. The SMILES string of the molecule is CC(C)(C)OC(=O)N1CCC(Cc2cccc3c2CCc2ccccc2N3)CC1. The lowest BCUT2D eigenvalue weighted by molar-refractivity contribution is 0.0184. The Balaban J connectivity index is 1.41. The van der Waals surface area contributed by atoms with E-state index in [1.807, 2.05) is 25.7 Å². The lowest BCUT2D eigenvalue weighted by atomic mass is 9.87. The number of nitrogens with one attached hydrogen (secondary N) is 1. The molecular weight excluding hydrogens is 360 g/mol. The van der Waals surface area contributed by atoms with Crippen molar-refractivity contribution >= 4 is 17.5 Å². The molecule has 29 heavy (non-hydrogen) atoms. The predicted octanol–water partition coefficient (Wildman–Crippen LogP) is 5.72. The van der Waals surface area contributed by atoms with Crippen molar-refractivity contribution in [3.63, 3.8) is 0 Å². The molecule has 4 heteroatoms. The molecular formula is C25H32N2O2. The summed E-state index contributed by atoms with van der Waals surface area (Å²) in [6, 6.07) is 15.3. The summed E-state index contributed by atoms with van der Waals surface area (Å²) in [7, 11) is 0. The average molecular weight is 393 g/mol. The molecule has 1 amide bonds. The van der Waals surface area contributed by atoms with Gasteiger partial charge in [0.05, 0.1) is 0 Å². The van der Waals surface area contributed by atoms with Crippen LogP contribution < -0.4 is 5.32 Å². The number of hydrogen-bond donors (Lipinski definition) is 1. The molecule has 4 nitrogen and oxygen atoms in total. The number of rotatable bonds is 2. The van der Waals surface area contributed by atoms with Gasteiger partial charge in [0.2, 0.25) is 0 Å². The maximum atomic E-state index is 12.3. The van der Waals surface area contributed by atoms with Gasteiger partial charge < -0.3 is 15.0 Å². The van der Waals surface area contributed by atoms with Crippen LogP contribution >= 0.6 is 0 Å². The Bertz CT molecular complexity index is 877. The van der Waals surface area contributed by atoms with Gasteiger partial charge in [0.15, 0.2) is 0 Å². The van der Waals surface area contributed by atoms with E-state index in [0.717, 1.165) is 45.2 Å². The number of carbonyl (C=O) groups excluding carboxylic acids is 1. The maximum absolute atomic E-state index is 12.3. The molecule has 2 heterocycles. The average Bonchev–Trinajstić information content (AvgIpc) is 2.87. The van der Waals surface area contributed by atoms with Crippen LogP contribution in [0.3, 0.4) is 0 Å². The van der Waals surface area contributed by atoms with Crippen molar-refractivity contribution in [1.29, 1.82) is 0 Å². The van der Waals surface area contributed by atoms with E-state index in [0.29, 0.717) is 5.92 Å². The molecule has 0 spiro atoms. The van der Waals surface area contributed by atoms with Crippen molar-refractivity contribution in [2.24, 2.45) is 5.92 Å². The van der Waals surface area contributed by atoms with Crippen LogP contribution in [0, 0.1) is 5.92 Å². The Morgan fingerprint density at radius 3 is 2.52 bits per heavy atom. The molecule has 2 aliphatic heterocycles. The van der Waals surface area contributed by atoms with E-state index in [2.05, 4.69) is 47.8 Å². The van der Waals surface area contributed by atoms with Crippen LogP contribution in [0.25, 0.3) is 0 Å². The fourth-order valence-electron chi connectivity index (χ4n) is 4.46. The van der Waals surface area contributed by atoms with Crippen molar-refractivity contribution in [1.82, 2.24) is 4.90 Å². The Morgan fingerprint density at radius 1 is 1.03 bits per heavy atom. The molecule has 0 bridgehead atoms. The third-order valence-electron chi connectivity index (χ3n) is 5.98. The zero-order chi connectivity index (χ0) is 20.4. The minimum atomic E-state index is -0.430. The summed E-state index contributed by atoms with van der Waals surface area (Å²) in [5.74, 6) is 0.616. The molecule has 0 atom stereocenters. The molecule has 0 aromatic heterocycles. The van der Waals surface area contributed by atoms with E-state index in [-0.39, 0.29) is 6.09 Å². The second-order valence-corrected chi connectivity index (χ2v) is 9.34. The first-order chi connectivity index (χ1) is 13.9. The van der Waals surface area contributed by atoms with Crippen LogP contribution in [0.15, 0.2) is 42.5 Å². The van der Waals surface area contributed by atoms with Gasteiger partial charge in [0.25, 0.3) is 0 Å². The number of nitrogens with zero attached hydrogens (tertiary/aromatic N) is 1.